The number of Topliss-reactive ketones (excluding diaryl/α,β-unsaturated/α-hetero) is 1. The standard InChI is InChI=1S/C15H16F3NO2/c1-9-7-13(10(2)14(20)8-9)19-11-3-5-12(6-4-11)21-15(16,17)18/h3-6,9-10H,7-8H2,1-2H3. The SMILES string of the molecule is CC1CC(=O)C(C)C(=Nc2ccc(OC(F)(F)F)cc2)C1. The van der Waals surface area contributed by atoms with Gasteiger partial charge in [0.05, 0.1) is 11.6 Å². The van der Waals surface area contributed by atoms with Crippen LogP contribution in [0.2, 0.25) is 0 Å². The second kappa shape index (κ2) is 5.87. The topological polar surface area (TPSA) is 38.7 Å². The van der Waals surface area contributed by atoms with E-state index in [4.69, 9.17) is 0 Å². The highest BCUT2D eigenvalue weighted by atomic mass is 19.4. The van der Waals surface area contributed by atoms with Gasteiger partial charge in [0.2, 0.25) is 0 Å². The molecule has 0 saturated heterocycles. The van der Waals surface area contributed by atoms with E-state index in [1.54, 1.807) is 0 Å². The molecule has 2 unspecified atom stereocenters. The van der Waals surface area contributed by atoms with Gasteiger partial charge in [-0.25, -0.2) is 0 Å². The summed E-state index contributed by atoms with van der Waals surface area (Å²) in [6.45, 7) is 3.80. The van der Waals surface area contributed by atoms with Gasteiger partial charge in [0.25, 0.3) is 0 Å². The van der Waals surface area contributed by atoms with Crippen molar-refractivity contribution in [2.45, 2.75) is 33.1 Å². The molecule has 0 aromatic heterocycles. The molecule has 2 rings (SSSR count). The Kier molecular flexibility index (Phi) is 4.34. The van der Waals surface area contributed by atoms with E-state index in [1.165, 1.54) is 24.3 Å². The zero-order valence-electron chi connectivity index (χ0n) is 11.8. The quantitative estimate of drug-likeness (QED) is 0.817. The molecule has 1 aromatic carbocycles. The van der Waals surface area contributed by atoms with Gasteiger partial charge in [-0.3, -0.25) is 9.79 Å². The summed E-state index contributed by atoms with van der Waals surface area (Å²) in [6, 6.07) is 5.33. The van der Waals surface area contributed by atoms with E-state index < -0.39 is 6.36 Å². The van der Waals surface area contributed by atoms with Crippen molar-refractivity contribution in [1.82, 2.24) is 0 Å². The van der Waals surface area contributed by atoms with Gasteiger partial charge in [-0.15, -0.1) is 13.2 Å². The van der Waals surface area contributed by atoms with Crippen LogP contribution in [0, 0.1) is 11.8 Å². The van der Waals surface area contributed by atoms with Crippen molar-refractivity contribution >= 4 is 17.2 Å². The number of carbonyl (C=O) groups excluding carboxylic acids is 1. The number of ether oxygens (including phenoxy) is 1. The number of hydrogen-bond donors (Lipinski definition) is 0. The van der Waals surface area contributed by atoms with E-state index in [1.807, 2.05) is 13.8 Å². The van der Waals surface area contributed by atoms with Crippen LogP contribution in [0.3, 0.4) is 0 Å². The highest BCUT2D eigenvalue weighted by Gasteiger charge is 2.31. The minimum absolute atomic E-state index is 0.157. The molecule has 1 aliphatic rings. The molecule has 3 nitrogen and oxygen atoms in total. The molecule has 0 N–H and O–H groups in total. The molecule has 114 valence electrons. The molecule has 6 heteroatoms. The maximum atomic E-state index is 12.1. The zero-order chi connectivity index (χ0) is 15.6. The lowest BCUT2D eigenvalue weighted by Gasteiger charge is -2.24. The third-order valence-electron chi connectivity index (χ3n) is 3.43. The number of benzene rings is 1. The van der Waals surface area contributed by atoms with Crippen molar-refractivity contribution in [2.24, 2.45) is 16.8 Å². The Labute approximate surface area is 120 Å². The average molecular weight is 299 g/mol. The van der Waals surface area contributed by atoms with Crippen molar-refractivity contribution in [3.05, 3.63) is 24.3 Å². The van der Waals surface area contributed by atoms with Gasteiger partial charge in [0.1, 0.15) is 11.5 Å². The first-order valence-corrected chi connectivity index (χ1v) is 6.70. The second-order valence-electron chi connectivity index (χ2n) is 5.35. The van der Waals surface area contributed by atoms with Gasteiger partial charge in [-0.05, 0) is 36.6 Å². The zero-order valence-corrected chi connectivity index (χ0v) is 11.8. The molecule has 0 heterocycles. The van der Waals surface area contributed by atoms with Crippen molar-refractivity contribution in [3.8, 4) is 5.75 Å². The summed E-state index contributed by atoms with van der Waals surface area (Å²) in [4.78, 5) is 16.2. The molecular weight excluding hydrogens is 283 g/mol. The van der Waals surface area contributed by atoms with Gasteiger partial charge in [-0.2, -0.15) is 0 Å². The number of alkyl halides is 3. The molecule has 0 radical (unpaired) electrons. The fourth-order valence-corrected chi connectivity index (χ4v) is 2.34. The van der Waals surface area contributed by atoms with Crippen molar-refractivity contribution in [2.75, 3.05) is 0 Å². The summed E-state index contributed by atoms with van der Waals surface area (Å²) in [5, 5.41) is 0. The Morgan fingerprint density at radius 2 is 1.76 bits per heavy atom. The maximum Gasteiger partial charge on any atom is 0.573 e. The average Bonchev–Trinajstić information content (AvgIpc) is 2.36. The summed E-state index contributed by atoms with van der Waals surface area (Å²) >= 11 is 0. The molecule has 1 aromatic rings. The molecule has 2 atom stereocenters. The van der Waals surface area contributed by atoms with Gasteiger partial charge < -0.3 is 4.74 Å². The lowest BCUT2D eigenvalue weighted by molar-refractivity contribution is -0.274. The summed E-state index contributed by atoms with van der Waals surface area (Å²) in [7, 11) is 0. The van der Waals surface area contributed by atoms with Crippen LogP contribution in [-0.4, -0.2) is 17.9 Å². The number of carbonyl (C=O) groups is 1. The third-order valence-corrected chi connectivity index (χ3v) is 3.43. The molecule has 1 fully saturated rings. The Morgan fingerprint density at radius 1 is 1.14 bits per heavy atom. The van der Waals surface area contributed by atoms with Gasteiger partial charge in [0.15, 0.2) is 0 Å². The molecule has 0 aliphatic heterocycles. The molecule has 21 heavy (non-hydrogen) atoms. The molecule has 0 spiro atoms. The number of halogens is 3. The second-order valence-corrected chi connectivity index (χ2v) is 5.35. The summed E-state index contributed by atoms with van der Waals surface area (Å²) < 4.78 is 40.0. The van der Waals surface area contributed by atoms with Crippen LogP contribution in [0.1, 0.15) is 26.7 Å². The molecule has 0 amide bonds. The predicted molar refractivity (Wildman–Crippen MR) is 72.8 cm³/mol. The number of hydrogen-bond acceptors (Lipinski definition) is 3. The summed E-state index contributed by atoms with van der Waals surface area (Å²) in [5.74, 6) is -0.107. The lowest BCUT2D eigenvalue weighted by Crippen LogP contribution is -2.30. The Balaban J connectivity index is 2.15. The Hall–Kier alpha value is -1.85. The third kappa shape index (κ3) is 4.31. The lowest BCUT2D eigenvalue weighted by atomic mass is 9.81. The van der Waals surface area contributed by atoms with E-state index in [0.29, 0.717) is 12.1 Å². The predicted octanol–water partition coefficient (Wildman–Crippen LogP) is 4.29. The van der Waals surface area contributed by atoms with E-state index in [-0.39, 0.29) is 23.4 Å². The van der Waals surface area contributed by atoms with Crippen LogP contribution in [0.4, 0.5) is 18.9 Å². The number of rotatable bonds is 2. The van der Waals surface area contributed by atoms with Crippen molar-refractivity contribution in [3.63, 3.8) is 0 Å². The van der Waals surface area contributed by atoms with Gasteiger partial charge in [0, 0.05) is 12.1 Å². The minimum atomic E-state index is -4.70. The van der Waals surface area contributed by atoms with Crippen LogP contribution >= 0.6 is 0 Å². The highest BCUT2D eigenvalue weighted by Crippen LogP contribution is 2.28. The van der Waals surface area contributed by atoms with Crippen LogP contribution in [0.25, 0.3) is 0 Å². The molecule has 1 saturated carbocycles. The number of nitrogens with zero attached hydrogens (tertiary/aromatic N) is 1. The normalized spacial score (nSPS) is 25.2. The van der Waals surface area contributed by atoms with E-state index in [0.717, 1.165) is 12.1 Å². The summed E-state index contributed by atoms with van der Waals surface area (Å²) in [5.41, 5.74) is 1.30. The fourth-order valence-electron chi connectivity index (χ4n) is 2.34. The van der Waals surface area contributed by atoms with Crippen LogP contribution in [0.5, 0.6) is 5.75 Å². The summed E-state index contributed by atoms with van der Waals surface area (Å²) in [6.07, 6.45) is -3.42. The smallest absolute Gasteiger partial charge is 0.406 e. The maximum absolute atomic E-state index is 12.1. The van der Waals surface area contributed by atoms with E-state index in [2.05, 4.69) is 9.73 Å². The van der Waals surface area contributed by atoms with Crippen molar-refractivity contribution < 1.29 is 22.7 Å². The molecular formula is C15H16F3NO2. The van der Waals surface area contributed by atoms with E-state index >= 15 is 0 Å². The van der Waals surface area contributed by atoms with Crippen LogP contribution in [0.15, 0.2) is 29.3 Å². The van der Waals surface area contributed by atoms with Crippen molar-refractivity contribution in [1.29, 1.82) is 0 Å². The van der Waals surface area contributed by atoms with Crippen LogP contribution < -0.4 is 4.74 Å². The monoisotopic (exact) mass is 299 g/mol. The van der Waals surface area contributed by atoms with Gasteiger partial charge >= 0.3 is 6.36 Å². The minimum Gasteiger partial charge on any atom is -0.406 e. The highest BCUT2D eigenvalue weighted by molar-refractivity contribution is 6.07. The first-order chi connectivity index (χ1) is 9.74. The van der Waals surface area contributed by atoms with E-state index in [9.17, 15) is 18.0 Å². The largest absolute Gasteiger partial charge is 0.573 e. The Bertz CT molecular complexity index is 549. The first-order valence-electron chi connectivity index (χ1n) is 6.70. The fraction of sp³-hybridized carbons (Fsp3) is 0.467. The van der Waals surface area contributed by atoms with Crippen LogP contribution in [-0.2, 0) is 4.79 Å². The number of ketones is 1. The molecule has 0 bridgehead atoms. The molecule has 1 aliphatic carbocycles. The van der Waals surface area contributed by atoms with Gasteiger partial charge in [-0.1, -0.05) is 13.8 Å². The first kappa shape index (κ1) is 15.5. The number of aliphatic imine (C=N–C) groups is 1. The Morgan fingerprint density at radius 3 is 2.33 bits per heavy atom.